The first-order valence-electron chi connectivity index (χ1n) is 10.0. The lowest BCUT2D eigenvalue weighted by Gasteiger charge is -2.14. The van der Waals surface area contributed by atoms with Gasteiger partial charge in [0.2, 0.25) is 0 Å². The molecule has 0 aliphatic carbocycles. The summed E-state index contributed by atoms with van der Waals surface area (Å²) >= 11 is 0. The Morgan fingerprint density at radius 3 is 1.65 bits per heavy atom. The summed E-state index contributed by atoms with van der Waals surface area (Å²) in [6, 6.07) is 0. The second-order valence-corrected chi connectivity index (χ2v) is 7.06. The van der Waals surface area contributed by atoms with Gasteiger partial charge in [0.1, 0.15) is 0 Å². The van der Waals surface area contributed by atoms with E-state index in [1.807, 2.05) is 0 Å². The first-order chi connectivity index (χ1) is 11.1. The Morgan fingerprint density at radius 2 is 1.26 bits per heavy atom. The zero-order valence-electron chi connectivity index (χ0n) is 15.7. The summed E-state index contributed by atoms with van der Waals surface area (Å²) in [5.41, 5.74) is 0.371. The van der Waals surface area contributed by atoms with Crippen LogP contribution >= 0.6 is 0 Å². The lowest BCUT2D eigenvalue weighted by atomic mass is 9.91. The third-order valence-corrected chi connectivity index (χ3v) is 4.88. The van der Waals surface area contributed by atoms with Gasteiger partial charge in [-0.15, -0.1) is 0 Å². The topological polar surface area (TPSA) is 37.3 Å². The van der Waals surface area contributed by atoms with Crippen LogP contribution in [0.3, 0.4) is 0 Å². The fourth-order valence-electron chi connectivity index (χ4n) is 3.16. The van der Waals surface area contributed by atoms with Gasteiger partial charge in [0, 0.05) is 5.57 Å². The van der Waals surface area contributed by atoms with Crippen molar-refractivity contribution < 1.29 is 9.90 Å². The predicted molar refractivity (Wildman–Crippen MR) is 101 cm³/mol. The summed E-state index contributed by atoms with van der Waals surface area (Å²) in [4.78, 5) is 10.8. The van der Waals surface area contributed by atoms with Gasteiger partial charge in [-0.1, -0.05) is 110 Å². The molecule has 1 unspecified atom stereocenters. The normalized spacial score (nSPS) is 12.3. The average molecular weight is 325 g/mol. The molecule has 1 atom stereocenters. The third-order valence-electron chi connectivity index (χ3n) is 4.88. The van der Waals surface area contributed by atoms with E-state index in [1.165, 1.54) is 77.0 Å². The van der Waals surface area contributed by atoms with Gasteiger partial charge >= 0.3 is 5.97 Å². The highest BCUT2D eigenvalue weighted by molar-refractivity contribution is 5.85. The van der Waals surface area contributed by atoms with Gasteiger partial charge in [0.25, 0.3) is 0 Å². The van der Waals surface area contributed by atoms with Crippen molar-refractivity contribution in [2.75, 3.05) is 0 Å². The van der Waals surface area contributed by atoms with E-state index in [9.17, 15) is 4.79 Å². The number of hydrogen-bond acceptors (Lipinski definition) is 1. The van der Waals surface area contributed by atoms with Gasteiger partial charge in [-0.25, -0.2) is 4.79 Å². The Balaban J connectivity index is 3.37. The first kappa shape index (κ1) is 22.2. The van der Waals surface area contributed by atoms with E-state index >= 15 is 0 Å². The molecule has 0 aromatic carbocycles. The van der Waals surface area contributed by atoms with Crippen molar-refractivity contribution in [3.05, 3.63) is 12.2 Å². The minimum Gasteiger partial charge on any atom is -0.478 e. The van der Waals surface area contributed by atoms with E-state index in [0.29, 0.717) is 17.9 Å². The molecule has 0 aromatic heterocycles. The van der Waals surface area contributed by atoms with Crippen molar-refractivity contribution in [1.82, 2.24) is 0 Å². The Bertz CT molecular complexity index is 296. The highest BCUT2D eigenvalue weighted by atomic mass is 16.4. The highest BCUT2D eigenvalue weighted by Crippen LogP contribution is 2.21. The molecular formula is C21H40O2. The van der Waals surface area contributed by atoms with Gasteiger partial charge < -0.3 is 5.11 Å². The van der Waals surface area contributed by atoms with Crippen LogP contribution in [0.1, 0.15) is 110 Å². The second kappa shape index (κ2) is 16.1. The Hall–Kier alpha value is -0.790. The molecule has 0 heterocycles. The Kier molecular flexibility index (Phi) is 15.5. The van der Waals surface area contributed by atoms with Crippen molar-refractivity contribution in [1.29, 1.82) is 0 Å². The molecule has 23 heavy (non-hydrogen) atoms. The van der Waals surface area contributed by atoms with Crippen molar-refractivity contribution in [3.8, 4) is 0 Å². The number of rotatable bonds is 17. The number of carboxylic acid groups (broad SMARTS) is 1. The van der Waals surface area contributed by atoms with Gasteiger partial charge in [0.15, 0.2) is 0 Å². The van der Waals surface area contributed by atoms with Crippen molar-refractivity contribution in [2.45, 2.75) is 110 Å². The molecule has 0 fully saturated rings. The molecule has 2 heteroatoms. The largest absolute Gasteiger partial charge is 0.478 e. The van der Waals surface area contributed by atoms with Crippen molar-refractivity contribution in [3.63, 3.8) is 0 Å². The van der Waals surface area contributed by atoms with Crippen LogP contribution in [-0.4, -0.2) is 11.1 Å². The Labute approximate surface area is 144 Å². The van der Waals surface area contributed by atoms with E-state index in [0.717, 1.165) is 12.8 Å². The summed E-state index contributed by atoms with van der Waals surface area (Å²) < 4.78 is 0. The molecular weight excluding hydrogens is 284 g/mol. The van der Waals surface area contributed by atoms with Crippen LogP contribution in [0, 0.1) is 5.92 Å². The van der Waals surface area contributed by atoms with E-state index in [1.54, 1.807) is 0 Å². The van der Waals surface area contributed by atoms with E-state index in [4.69, 9.17) is 5.11 Å². The van der Waals surface area contributed by atoms with E-state index < -0.39 is 5.97 Å². The summed E-state index contributed by atoms with van der Waals surface area (Å²) in [5.74, 6) is -0.333. The Morgan fingerprint density at radius 1 is 0.826 bits per heavy atom. The molecule has 0 amide bonds. The molecule has 0 spiro atoms. The molecule has 0 aromatic rings. The summed E-state index contributed by atoms with van der Waals surface area (Å²) in [5, 5.41) is 8.90. The molecule has 136 valence electrons. The number of unbranched alkanes of at least 4 members (excludes halogenated alkanes) is 11. The maximum absolute atomic E-state index is 10.8. The minimum atomic E-state index is -0.835. The summed E-state index contributed by atoms with van der Waals surface area (Å²) in [6.07, 6.45) is 19.3. The lowest BCUT2D eigenvalue weighted by molar-refractivity contribution is -0.132. The third kappa shape index (κ3) is 14.5. The monoisotopic (exact) mass is 324 g/mol. The standard InChI is InChI=1S/C21H40O2/c1-4-6-7-8-9-10-11-12-13-14-15-16-17-20(5-2)18-19(3)21(22)23/h20H,3-18H2,1-2H3,(H,22,23). The van der Waals surface area contributed by atoms with Crippen LogP contribution in [0.5, 0.6) is 0 Å². The average Bonchev–Trinajstić information content (AvgIpc) is 2.54. The summed E-state index contributed by atoms with van der Waals surface area (Å²) in [6.45, 7) is 8.07. The predicted octanol–water partition coefficient (Wildman–Crippen LogP) is 7.13. The van der Waals surface area contributed by atoms with Crippen LogP contribution in [0.4, 0.5) is 0 Å². The molecule has 0 aliphatic heterocycles. The highest BCUT2D eigenvalue weighted by Gasteiger charge is 2.12. The number of carbonyl (C=O) groups is 1. The zero-order valence-corrected chi connectivity index (χ0v) is 15.7. The zero-order chi connectivity index (χ0) is 17.3. The van der Waals surface area contributed by atoms with Crippen molar-refractivity contribution in [2.24, 2.45) is 5.92 Å². The van der Waals surface area contributed by atoms with Gasteiger partial charge in [-0.3, -0.25) is 0 Å². The number of carboxylic acids is 1. The van der Waals surface area contributed by atoms with Crippen LogP contribution in [-0.2, 0) is 4.79 Å². The molecule has 0 saturated carbocycles. The molecule has 0 aliphatic rings. The number of aliphatic carboxylic acids is 1. The molecule has 1 N–H and O–H groups in total. The van der Waals surface area contributed by atoms with Crippen LogP contribution in [0.15, 0.2) is 12.2 Å². The SMILES string of the molecule is C=C(CC(CC)CCCCCCCCCCCCCC)C(=O)O. The molecule has 0 bridgehead atoms. The van der Waals surface area contributed by atoms with Crippen LogP contribution < -0.4 is 0 Å². The van der Waals surface area contributed by atoms with E-state index in [-0.39, 0.29) is 0 Å². The van der Waals surface area contributed by atoms with Gasteiger partial charge in [-0.2, -0.15) is 0 Å². The van der Waals surface area contributed by atoms with Crippen molar-refractivity contribution >= 4 is 5.97 Å². The fourth-order valence-corrected chi connectivity index (χ4v) is 3.16. The maximum atomic E-state index is 10.8. The second-order valence-electron chi connectivity index (χ2n) is 7.06. The quantitative estimate of drug-likeness (QED) is 0.228. The van der Waals surface area contributed by atoms with Crippen LogP contribution in [0.2, 0.25) is 0 Å². The fraction of sp³-hybridized carbons (Fsp3) is 0.857. The van der Waals surface area contributed by atoms with Crippen LogP contribution in [0.25, 0.3) is 0 Å². The smallest absolute Gasteiger partial charge is 0.330 e. The maximum Gasteiger partial charge on any atom is 0.330 e. The molecule has 0 radical (unpaired) electrons. The van der Waals surface area contributed by atoms with E-state index in [2.05, 4.69) is 20.4 Å². The van der Waals surface area contributed by atoms with Gasteiger partial charge in [0.05, 0.1) is 0 Å². The van der Waals surface area contributed by atoms with Gasteiger partial charge in [-0.05, 0) is 12.3 Å². The molecule has 0 saturated heterocycles. The molecule has 0 rings (SSSR count). The first-order valence-corrected chi connectivity index (χ1v) is 10.0. The minimum absolute atomic E-state index is 0.371. The number of hydrogen-bond donors (Lipinski definition) is 1. The lowest BCUT2D eigenvalue weighted by Crippen LogP contribution is -2.06. The summed E-state index contributed by atoms with van der Waals surface area (Å²) in [7, 11) is 0. The molecule has 2 nitrogen and oxygen atoms in total.